The van der Waals surface area contributed by atoms with E-state index in [4.69, 9.17) is 0 Å². The second-order valence-electron chi connectivity index (χ2n) is 4.62. The monoisotopic (exact) mass is 420 g/mol. The Bertz CT molecular complexity index is 881. The standard InChI is InChI=1S/C16H10Br2N2O2/c17-10-4-6-12(18)13(8-10)20-16(22)11-5-3-9-2-1-7-19-14(9)15(11)21/h1-8,21H,(H,20,22). The molecule has 3 aromatic rings. The van der Waals surface area contributed by atoms with Gasteiger partial charge in [-0.15, -0.1) is 0 Å². The van der Waals surface area contributed by atoms with Crippen molar-refractivity contribution < 1.29 is 9.90 Å². The van der Waals surface area contributed by atoms with Gasteiger partial charge in [0.25, 0.3) is 5.91 Å². The van der Waals surface area contributed by atoms with Gasteiger partial charge in [-0.3, -0.25) is 9.78 Å². The summed E-state index contributed by atoms with van der Waals surface area (Å²) in [6.07, 6.45) is 1.58. The molecule has 0 fully saturated rings. The topological polar surface area (TPSA) is 62.2 Å². The Morgan fingerprint density at radius 2 is 1.95 bits per heavy atom. The van der Waals surface area contributed by atoms with Crippen molar-refractivity contribution in [2.75, 3.05) is 5.32 Å². The number of carbonyl (C=O) groups is 1. The molecule has 2 aromatic carbocycles. The van der Waals surface area contributed by atoms with Crippen molar-refractivity contribution in [3.63, 3.8) is 0 Å². The smallest absolute Gasteiger partial charge is 0.259 e. The van der Waals surface area contributed by atoms with E-state index >= 15 is 0 Å². The number of carbonyl (C=O) groups excluding carboxylic acids is 1. The fraction of sp³-hybridized carbons (Fsp3) is 0. The first kappa shape index (κ1) is 15.0. The van der Waals surface area contributed by atoms with Crippen LogP contribution in [0.15, 0.2) is 57.6 Å². The van der Waals surface area contributed by atoms with Crippen LogP contribution in [0.5, 0.6) is 5.75 Å². The number of hydrogen-bond donors (Lipinski definition) is 2. The highest BCUT2D eigenvalue weighted by Gasteiger charge is 2.15. The van der Waals surface area contributed by atoms with Crippen molar-refractivity contribution in [1.29, 1.82) is 0 Å². The number of phenolic OH excluding ortho intramolecular Hbond substituents is 1. The predicted octanol–water partition coefficient (Wildman–Crippen LogP) is 4.72. The molecule has 22 heavy (non-hydrogen) atoms. The van der Waals surface area contributed by atoms with Gasteiger partial charge in [0.15, 0.2) is 5.75 Å². The molecule has 1 aromatic heterocycles. The summed E-state index contributed by atoms with van der Waals surface area (Å²) >= 11 is 6.74. The second-order valence-corrected chi connectivity index (χ2v) is 6.39. The average molecular weight is 422 g/mol. The van der Waals surface area contributed by atoms with Crippen LogP contribution in [0.4, 0.5) is 5.69 Å². The fourth-order valence-corrected chi connectivity index (χ4v) is 2.80. The Morgan fingerprint density at radius 1 is 1.14 bits per heavy atom. The Kier molecular flexibility index (Phi) is 4.13. The van der Waals surface area contributed by atoms with Crippen molar-refractivity contribution in [1.82, 2.24) is 4.98 Å². The summed E-state index contributed by atoms with van der Waals surface area (Å²) in [5.74, 6) is -0.523. The quantitative estimate of drug-likeness (QED) is 0.629. The van der Waals surface area contributed by atoms with E-state index in [0.717, 1.165) is 14.3 Å². The van der Waals surface area contributed by atoms with Gasteiger partial charge in [-0.2, -0.15) is 0 Å². The van der Waals surface area contributed by atoms with E-state index in [0.29, 0.717) is 11.2 Å². The van der Waals surface area contributed by atoms with Crippen LogP contribution in [0.1, 0.15) is 10.4 Å². The van der Waals surface area contributed by atoms with Crippen molar-refractivity contribution in [2.24, 2.45) is 0 Å². The minimum Gasteiger partial charge on any atom is -0.505 e. The highest BCUT2D eigenvalue weighted by atomic mass is 79.9. The maximum absolute atomic E-state index is 12.4. The zero-order chi connectivity index (χ0) is 15.7. The van der Waals surface area contributed by atoms with Gasteiger partial charge in [0.1, 0.15) is 5.52 Å². The van der Waals surface area contributed by atoms with Gasteiger partial charge >= 0.3 is 0 Å². The molecule has 3 rings (SSSR count). The summed E-state index contributed by atoms with van der Waals surface area (Å²) in [5.41, 5.74) is 1.20. The molecule has 0 unspecified atom stereocenters. The third-order valence-corrected chi connectivity index (χ3v) is 4.35. The highest BCUT2D eigenvalue weighted by Crippen LogP contribution is 2.30. The molecule has 4 nitrogen and oxygen atoms in total. The van der Waals surface area contributed by atoms with E-state index in [1.54, 1.807) is 30.5 Å². The van der Waals surface area contributed by atoms with Crippen LogP contribution >= 0.6 is 31.9 Å². The molecule has 1 heterocycles. The molecule has 0 spiro atoms. The van der Waals surface area contributed by atoms with Gasteiger partial charge in [-0.05, 0) is 46.3 Å². The summed E-state index contributed by atoms with van der Waals surface area (Å²) in [4.78, 5) is 16.5. The number of rotatable bonds is 2. The van der Waals surface area contributed by atoms with Gasteiger partial charge in [0.2, 0.25) is 0 Å². The van der Waals surface area contributed by atoms with E-state index in [1.807, 2.05) is 18.2 Å². The van der Waals surface area contributed by atoms with Crippen LogP contribution in [0.3, 0.4) is 0 Å². The number of aromatic nitrogens is 1. The molecule has 0 bridgehead atoms. The molecule has 0 aliphatic heterocycles. The van der Waals surface area contributed by atoms with Gasteiger partial charge in [0.05, 0.1) is 11.3 Å². The number of halogens is 2. The molecular weight excluding hydrogens is 412 g/mol. The van der Waals surface area contributed by atoms with Crippen LogP contribution < -0.4 is 5.32 Å². The summed E-state index contributed by atoms with van der Waals surface area (Å²) in [5, 5.41) is 13.8. The van der Waals surface area contributed by atoms with Crippen molar-refractivity contribution in [3.8, 4) is 5.75 Å². The average Bonchev–Trinajstić information content (AvgIpc) is 2.51. The summed E-state index contributed by atoms with van der Waals surface area (Å²) < 4.78 is 1.60. The first-order valence-corrected chi connectivity index (χ1v) is 7.98. The van der Waals surface area contributed by atoms with Crippen molar-refractivity contribution in [2.45, 2.75) is 0 Å². The Labute approximate surface area is 143 Å². The Balaban J connectivity index is 1.99. The maximum Gasteiger partial charge on any atom is 0.259 e. The Hall–Kier alpha value is -1.92. The van der Waals surface area contributed by atoms with Crippen molar-refractivity contribution in [3.05, 3.63) is 63.2 Å². The lowest BCUT2D eigenvalue weighted by atomic mass is 10.1. The first-order valence-electron chi connectivity index (χ1n) is 6.39. The molecule has 0 saturated carbocycles. The lowest BCUT2D eigenvalue weighted by molar-refractivity contribution is 0.102. The van der Waals surface area contributed by atoms with E-state index in [1.165, 1.54) is 0 Å². The number of benzene rings is 2. The van der Waals surface area contributed by atoms with Gasteiger partial charge in [0, 0.05) is 20.5 Å². The first-order chi connectivity index (χ1) is 10.6. The fourth-order valence-electron chi connectivity index (χ4n) is 2.10. The van der Waals surface area contributed by atoms with E-state index in [9.17, 15) is 9.90 Å². The van der Waals surface area contributed by atoms with E-state index in [2.05, 4.69) is 42.2 Å². The van der Waals surface area contributed by atoms with Crippen LogP contribution in [-0.2, 0) is 0 Å². The SMILES string of the molecule is O=C(Nc1cc(Br)ccc1Br)c1ccc2cccnc2c1O. The van der Waals surface area contributed by atoms with Crippen LogP contribution in [0, 0.1) is 0 Å². The number of fused-ring (bicyclic) bond motifs is 1. The molecule has 0 aliphatic rings. The zero-order valence-corrected chi connectivity index (χ0v) is 14.3. The number of hydrogen-bond acceptors (Lipinski definition) is 3. The molecule has 1 amide bonds. The number of pyridine rings is 1. The lowest BCUT2D eigenvalue weighted by Crippen LogP contribution is -2.12. The number of anilines is 1. The highest BCUT2D eigenvalue weighted by molar-refractivity contribution is 9.11. The third kappa shape index (κ3) is 2.84. The number of nitrogens with zero attached hydrogens (tertiary/aromatic N) is 1. The molecule has 6 heteroatoms. The molecule has 0 saturated heterocycles. The number of phenols is 1. The van der Waals surface area contributed by atoms with E-state index < -0.39 is 5.91 Å². The normalized spacial score (nSPS) is 10.6. The molecule has 0 aliphatic carbocycles. The van der Waals surface area contributed by atoms with Crippen LogP contribution in [0.25, 0.3) is 10.9 Å². The minimum absolute atomic E-state index is 0.123. The summed E-state index contributed by atoms with van der Waals surface area (Å²) in [6.45, 7) is 0. The molecular formula is C16H10Br2N2O2. The molecule has 0 radical (unpaired) electrons. The number of aromatic hydroxyl groups is 1. The number of amides is 1. The Morgan fingerprint density at radius 3 is 2.77 bits per heavy atom. The summed E-state index contributed by atoms with van der Waals surface area (Å²) in [7, 11) is 0. The summed E-state index contributed by atoms with van der Waals surface area (Å²) in [6, 6.07) is 12.4. The van der Waals surface area contributed by atoms with Gasteiger partial charge < -0.3 is 10.4 Å². The molecule has 0 atom stereocenters. The second kappa shape index (κ2) is 6.06. The van der Waals surface area contributed by atoms with Crippen molar-refractivity contribution >= 4 is 54.4 Å². The van der Waals surface area contributed by atoms with Crippen LogP contribution in [-0.4, -0.2) is 16.0 Å². The maximum atomic E-state index is 12.4. The largest absolute Gasteiger partial charge is 0.505 e. The third-order valence-electron chi connectivity index (χ3n) is 3.17. The van der Waals surface area contributed by atoms with Gasteiger partial charge in [-0.25, -0.2) is 0 Å². The minimum atomic E-state index is -0.399. The molecule has 2 N–H and O–H groups in total. The van der Waals surface area contributed by atoms with Gasteiger partial charge in [-0.1, -0.05) is 28.1 Å². The number of nitrogens with one attached hydrogen (secondary N) is 1. The zero-order valence-electron chi connectivity index (χ0n) is 11.2. The predicted molar refractivity (Wildman–Crippen MR) is 93.2 cm³/mol. The molecule has 110 valence electrons. The lowest BCUT2D eigenvalue weighted by Gasteiger charge is -2.10. The van der Waals surface area contributed by atoms with E-state index in [-0.39, 0.29) is 11.3 Å². The van der Waals surface area contributed by atoms with Crippen LogP contribution in [0.2, 0.25) is 0 Å².